The molecule has 0 saturated heterocycles. The van der Waals surface area contributed by atoms with Gasteiger partial charge in [0.15, 0.2) is 0 Å². The number of aryl methyl sites for hydroxylation is 1. The van der Waals surface area contributed by atoms with Crippen molar-refractivity contribution in [2.75, 3.05) is 6.54 Å². The van der Waals surface area contributed by atoms with Crippen LogP contribution in [0.15, 0.2) is 53.3 Å². The fraction of sp³-hybridized carbons (Fsp3) is 0.320. The van der Waals surface area contributed by atoms with Gasteiger partial charge in [0.1, 0.15) is 23.5 Å². The van der Waals surface area contributed by atoms with E-state index in [4.69, 9.17) is 4.74 Å². The number of amides is 1. The molecule has 0 radical (unpaired) electrons. The van der Waals surface area contributed by atoms with Gasteiger partial charge in [-0.2, -0.15) is 0 Å². The van der Waals surface area contributed by atoms with Gasteiger partial charge in [-0.25, -0.2) is 0 Å². The summed E-state index contributed by atoms with van der Waals surface area (Å²) in [6, 6.07) is 14.8. The summed E-state index contributed by atoms with van der Waals surface area (Å²) in [6.07, 6.45) is 1.44. The van der Waals surface area contributed by atoms with E-state index in [0.717, 1.165) is 17.5 Å². The number of ether oxygens (including phenoxy) is 1. The van der Waals surface area contributed by atoms with E-state index in [1.165, 1.54) is 0 Å². The van der Waals surface area contributed by atoms with Gasteiger partial charge >= 0.3 is 5.97 Å². The topological polar surface area (TPSA) is 97.6 Å². The van der Waals surface area contributed by atoms with Gasteiger partial charge in [-0.3, -0.25) is 19.0 Å². The number of aromatic nitrogens is 1. The van der Waals surface area contributed by atoms with Crippen molar-refractivity contribution in [1.29, 1.82) is 0 Å². The highest BCUT2D eigenvalue weighted by atomic mass is 16.6. The number of esters is 1. The molecular formula is C25H26N2O5. The lowest BCUT2D eigenvalue weighted by molar-refractivity contribution is -0.153. The molecular weight excluding hydrogens is 408 g/mol. The van der Waals surface area contributed by atoms with E-state index in [-0.39, 0.29) is 17.4 Å². The molecule has 1 atom stereocenters. The molecule has 1 aromatic heterocycles. The van der Waals surface area contributed by atoms with Crippen LogP contribution < -0.4 is 10.9 Å². The van der Waals surface area contributed by atoms with Gasteiger partial charge in [-0.15, -0.1) is 0 Å². The zero-order valence-electron chi connectivity index (χ0n) is 18.3. The fourth-order valence-corrected chi connectivity index (χ4v) is 4.26. The van der Waals surface area contributed by atoms with Crippen LogP contribution in [-0.2, 0) is 16.0 Å². The second kappa shape index (κ2) is 8.15. The Bertz CT molecular complexity index is 1260. The van der Waals surface area contributed by atoms with Crippen molar-refractivity contribution in [3.63, 3.8) is 0 Å². The first-order valence-electron chi connectivity index (χ1n) is 10.6. The number of nitrogens with zero attached hydrogens (tertiary/aromatic N) is 1. The Balaban J connectivity index is 1.79. The van der Waals surface area contributed by atoms with Crippen LogP contribution in [0, 0.1) is 0 Å². The Kier molecular flexibility index (Phi) is 5.50. The molecule has 1 aliphatic heterocycles. The normalized spacial score (nSPS) is 15.4. The minimum atomic E-state index is -0.813. The van der Waals surface area contributed by atoms with E-state index in [1.54, 1.807) is 37.5 Å². The first-order chi connectivity index (χ1) is 15.2. The maximum Gasteiger partial charge on any atom is 0.325 e. The van der Waals surface area contributed by atoms with Crippen LogP contribution in [0.4, 0.5) is 0 Å². The van der Waals surface area contributed by atoms with Crippen LogP contribution in [0.5, 0.6) is 5.75 Å². The number of hydrogen-bond donors (Lipinski definition) is 2. The van der Waals surface area contributed by atoms with Crippen molar-refractivity contribution in [2.24, 2.45) is 0 Å². The maximum atomic E-state index is 13.5. The minimum absolute atomic E-state index is 0.265. The first kappa shape index (κ1) is 21.6. The molecule has 1 unspecified atom stereocenters. The Morgan fingerprint density at radius 3 is 2.53 bits per heavy atom. The predicted octanol–water partition coefficient (Wildman–Crippen LogP) is 3.31. The van der Waals surface area contributed by atoms with Gasteiger partial charge in [-0.05, 0) is 50.8 Å². The second-order valence-corrected chi connectivity index (χ2v) is 8.95. The van der Waals surface area contributed by atoms with E-state index >= 15 is 0 Å². The Labute approximate surface area is 185 Å². The summed E-state index contributed by atoms with van der Waals surface area (Å²) in [6.45, 7) is 4.76. The summed E-state index contributed by atoms with van der Waals surface area (Å²) in [5, 5.41) is 13.7. The molecule has 1 aliphatic rings. The van der Waals surface area contributed by atoms with Crippen LogP contribution in [0.25, 0.3) is 10.9 Å². The molecule has 3 aromatic rings. The molecule has 0 bridgehead atoms. The Morgan fingerprint density at radius 1 is 1.12 bits per heavy atom. The fourth-order valence-electron chi connectivity index (χ4n) is 4.26. The zero-order chi connectivity index (χ0) is 23.0. The smallest absolute Gasteiger partial charge is 0.325 e. The Morgan fingerprint density at radius 2 is 1.84 bits per heavy atom. The molecule has 4 rings (SSSR count). The number of aromatic hydroxyl groups is 1. The molecule has 0 saturated carbocycles. The van der Waals surface area contributed by atoms with E-state index in [9.17, 15) is 19.5 Å². The molecule has 2 heterocycles. The van der Waals surface area contributed by atoms with Crippen molar-refractivity contribution >= 4 is 22.8 Å². The van der Waals surface area contributed by atoms with Gasteiger partial charge in [0.05, 0.1) is 11.6 Å². The summed E-state index contributed by atoms with van der Waals surface area (Å²) in [5.74, 6) is -1.82. The van der Waals surface area contributed by atoms with E-state index < -0.39 is 29.6 Å². The van der Waals surface area contributed by atoms with Gasteiger partial charge in [0, 0.05) is 5.39 Å². The third kappa shape index (κ3) is 3.98. The second-order valence-electron chi connectivity index (χ2n) is 8.95. The summed E-state index contributed by atoms with van der Waals surface area (Å²) >= 11 is 0. The van der Waals surface area contributed by atoms with E-state index in [1.807, 2.05) is 36.4 Å². The zero-order valence-corrected chi connectivity index (χ0v) is 18.3. The molecule has 7 heteroatoms. The third-order valence-corrected chi connectivity index (χ3v) is 5.51. The van der Waals surface area contributed by atoms with Crippen LogP contribution in [0.2, 0.25) is 0 Å². The molecule has 7 nitrogen and oxygen atoms in total. The number of carbonyl (C=O) groups excluding carboxylic acids is 2. The van der Waals surface area contributed by atoms with Gasteiger partial charge in [0.2, 0.25) is 0 Å². The number of carbonyl (C=O) groups is 2. The van der Waals surface area contributed by atoms with E-state index in [2.05, 4.69) is 5.32 Å². The lowest BCUT2D eigenvalue weighted by Crippen LogP contribution is -2.39. The highest BCUT2D eigenvalue weighted by molar-refractivity contribution is 6.03. The van der Waals surface area contributed by atoms with Gasteiger partial charge in [-0.1, -0.05) is 42.5 Å². The van der Waals surface area contributed by atoms with Crippen molar-refractivity contribution < 1.29 is 19.4 Å². The molecule has 166 valence electrons. The van der Waals surface area contributed by atoms with Gasteiger partial charge < -0.3 is 15.2 Å². The number of para-hydroxylation sites is 1. The van der Waals surface area contributed by atoms with Crippen molar-refractivity contribution in [3.8, 4) is 5.75 Å². The molecule has 2 N–H and O–H groups in total. The molecule has 0 fully saturated rings. The lowest BCUT2D eigenvalue weighted by Gasteiger charge is -2.29. The van der Waals surface area contributed by atoms with Crippen molar-refractivity contribution in [2.45, 2.75) is 45.3 Å². The SMILES string of the molecule is CC(C)(C)OC(=O)CNC(=O)c1c(O)c2cccc3c2n(c1=O)C(c1ccccc1)CC3. The van der Waals surface area contributed by atoms with Crippen molar-refractivity contribution in [1.82, 2.24) is 9.88 Å². The lowest BCUT2D eigenvalue weighted by atomic mass is 9.91. The number of pyridine rings is 1. The highest BCUT2D eigenvalue weighted by Gasteiger charge is 2.30. The molecule has 0 spiro atoms. The maximum absolute atomic E-state index is 13.5. The quantitative estimate of drug-likeness (QED) is 0.614. The average Bonchev–Trinajstić information content (AvgIpc) is 2.75. The highest BCUT2D eigenvalue weighted by Crippen LogP contribution is 2.37. The van der Waals surface area contributed by atoms with E-state index in [0.29, 0.717) is 17.3 Å². The van der Waals surface area contributed by atoms with Crippen LogP contribution in [-0.4, -0.2) is 33.7 Å². The summed E-state index contributed by atoms with van der Waals surface area (Å²) in [4.78, 5) is 38.5. The predicted molar refractivity (Wildman–Crippen MR) is 121 cm³/mol. The first-order valence-corrected chi connectivity index (χ1v) is 10.6. The summed E-state index contributed by atoms with van der Waals surface area (Å²) in [7, 11) is 0. The van der Waals surface area contributed by atoms with Crippen molar-refractivity contribution in [3.05, 3.63) is 75.6 Å². The summed E-state index contributed by atoms with van der Waals surface area (Å²) < 4.78 is 6.80. The van der Waals surface area contributed by atoms with Gasteiger partial charge in [0.25, 0.3) is 11.5 Å². The molecule has 2 aromatic carbocycles. The number of benzene rings is 2. The summed E-state index contributed by atoms with van der Waals surface area (Å²) in [5.41, 5.74) is 0.882. The number of rotatable bonds is 4. The monoisotopic (exact) mass is 434 g/mol. The molecule has 32 heavy (non-hydrogen) atoms. The molecule has 0 aliphatic carbocycles. The molecule has 1 amide bonds. The minimum Gasteiger partial charge on any atom is -0.506 e. The number of nitrogens with one attached hydrogen (secondary N) is 1. The van der Waals surface area contributed by atoms with Crippen LogP contribution in [0.1, 0.15) is 54.7 Å². The van der Waals surface area contributed by atoms with Crippen LogP contribution in [0.3, 0.4) is 0 Å². The standard InChI is InChI=1S/C25H26N2O5/c1-25(2,3)32-19(28)14-26-23(30)20-22(29)17-11-7-10-16-12-13-18(15-8-5-4-6-9-15)27(21(16)17)24(20)31/h4-11,18,29H,12-14H2,1-3H3,(H,26,30). The Hall–Kier alpha value is -3.61. The largest absolute Gasteiger partial charge is 0.506 e. The van der Waals surface area contributed by atoms with Crippen LogP contribution >= 0.6 is 0 Å². The third-order valence-electron chi connectivity index (χ3n) is 5.51. The average molecular weight is 434 g/mol. The number of hydrogen-bond acceptors (Lipinski definition) is 5.